The Morgan fingerprint density at radius 3 is 1.79 bits per heavy atom. The number of fused-ring (bicyclic) bond motifs is 3. The number of nitrogens with two attached hydrogens (primary N) is 1. The predicted octanol–water partition coefficient (Wildman–Crippen LogP) is 3.84. The summed E-state index contributed by atoms with van der Waals surface area (Å²) in [6, 6.07) is 19.2. The van der Waals surface area contributed by atoms with E-state index in [0.29, 0.717) is 34.5 Å². The first-order valence-electron chi connectivity index (χ1n) is 9.36. The molecule has 0 aliphatic heterocycles. The fourth-order valence-corrected chi connectivity index (χ4v) is 3.58. The van der Waals surface area contributed by atoms with Gasteiger partial charge < -0.3 is 15.8 Å². The van der Waals surface area contributed by atoms with Gasteiger partial charge in [0.05, 0.1) is 0 Å². The molecule has 3 aromatic carbocycles. The molecular formula is C24H20N2O3. The highest BCUT2D eigenvalue weighted by atomic mass is 16.3. The number of ketones is 2. The fraction of sp³-hybridized carbons (Fsp3) is 0.0833. The van der Waals surface area contributed by atoms with Crippen LogP contribution in [0.15, 0.2) is 72.9 Å². The van der Waals surface area contributed by atoms with Gasteiger partial charge in [0, 0.05) is 39.4 Å². The maximum Gasteiger partial charge on any atom is 0.194 e. The van der Waals surface area contributed by atoms with Crippen molar-refractivity contribution in [2.45, 2.75) is 6.42 Å². The quantitative estimate of drug-likeness (QED) is 0.431. The van der Waals surface area contributed by atoms with Crippen LogP contribution in [0.25, 0.3) is 10.9 Å². The fourth-order valence-electron chi connectivity index (χ4n) is 3.58. The van der Waals surface area contributed by atoms with Gasteiger partial charge in [-0.2, -0.15) is 0 Å². The predicted molar refractivity (Wildman–Crippen MR) is 112 cm³/mol. The number of aromatic hydroxyl groups is 1. The summed E-state index contributed by atoms with van der Waals surface area (Å²) in [6.07, 6.45) is 2.78. The van der Waals surface area contributed by atoms with E-state index >= 15 is 0 Å². The molecule has 144 valence electrons. The summed E-state index contributed by atoms with van der Waals surface area (Å²) in [6.45, 7) is 0.628. The van der Waals surface area contributed by atoms with Crippen LogP contribution in [0.1, 0.15) is 37.4 Å². The lowest BCUT2D eigenvalue weighted by atomic mass is 9.84. The third-order valence-electron chi connectivity index (χ3n) is 5.00. The van der Waals surface area contributed by atoms with Gasteiger partial charge >= 0.3 is 0 Å². The molecule has 1 aliphatic rings. The molecule has 0 unspecified atom stereocenters. The van der Waals surface area contributed by atoms with E-state index in [2.05, 4.69) is 4.98 Å². The van der Waals surface area contributed by atoms with Gasteiger partial charge in [0.25, 0.3) is 0 Å². The summed E-state index contributed by atoms with van der Waals surface area (Å²) in [5.74, 6) is 0.168. The van der Waals surface area contributed by atoms with Crippen LogP contribution in [0.5, 0.6) is 5.75 Å². The number of hydrogen-bond donors (Lipinski definition) is 3. The number of hydrogen-bond acceptors (Lipinski definition) is 4. The summed E-state index contributed by atoms with van der Waals surface area (Å²) in [4.78, 5) is 27.3. The van der Waals surface area contributed by atoms with Crippen molar-refractivity contribution in [2.24, 2.45) is 5.73 Å². The Kier molecular flexibility index (Phi) is 4.97. The van der Waals surface area contributed by atoms with Crippen LogP contribution < -0.4 is 5.73 Å². The minimum atomic E-state index is -0.0641. The van der Waals surface area contributed by atoms with E-state index in [1.54, 1.807) is 60.7 Å². The van der Waals surface area contributed by atoms with Gasteiger partial charge in [0.15, 0.2) is 11.6 Å². The average molecular weight is 384 g/mol. The molecule has 5 nitrogen and oxygen atoms in total. The van der Waals surface area contributed by atoms with Gasteiger partial charge in [-0.05, 0) is 36.7 Å². The van der Waals surface area contributed by atoms with Crippen LogP contribution in [0, 0.1) is 0 Å². The molecule has 0 atom stereocenters. The third kappa shape index (κ3) is 3.44. The molecule has 4 N–H and O–H groups in total. The van der Waals surface area contributed by atoms with E-state index in [1.165, 1.54) is 0 Å². The zero-order valence-electron chi connectivity index (χ0n) is 15.7. The van der Waals surface area contributed by atoms with Gasteiger partial charge in [-0.25, -0.2) is 0 Å². The third-order valence-corrected chi connectivity index (χ3v) is 5.00. The first kappa shape index (κ1) is 18.7. The molecule has 1 aromatic heterocycles. The molecule has 29 heavy (non-hydrogen) atoms. The molecular weight excluding hydrogens is 364 g/mol. The van der Waals surface area contributed by atoms with Crippen molar-refractivity contribution in [2.75, 3.05) is 6.54 Å². The second-order valence-electron chi connectivity index (χ2n) is 6.83. The average Bonchev–Trinajstić information content (AvgIpc) is 3.15. The van der Waals surface area contributed by atoms with E-state index < -0.39 is 0 Å². The monoisotopic (exact) mass is 384 g/mol. The molecule has 1 aliphatic carbocycles. The number of carbonyl (C=O) groups excluding carboxylic acids is 2. The summed E-state index contributed by atoms with van der Waals surface area (Å²) in [5, 5.41) is 10.4. The van der Waals surface area contributed by atoms with Crippen LogP contribution in [0.2, 0.25) is 0 Å². The van der Waals surface area contributed by atoms with E-state index in [-0.39, 0.29) is 11.6 Å². The van der Waals surface area contributed by atoms with Crippen LogP contribution >= 0.6 is 0 Å². The van der Waals surface area contributed by atoms with E-state index in [9.17, 15) is 14.7 Å². The lowest BCUT2D eigenvalue weighted by Gasteiger charge is -2.16. The van der Waals surface area contributed by atoms with Crippen molar-refractivity contribution in [3.63, 3.8) is 0 Å². The van der Waals surface area contributed by atoms with E-state index in [1.807, 2.05) is 12.3 Å². The SMILES string of the molecule is NCCc1c[nH]c2ccc(O)cc12.O=C1c2ccccc2C(=O)c2ccccc21. The number of carbonyl (C=O) groups is 2. The first-order chi connectivity index (χ1) is 14.1. The Hall–Kier alpha value is -3.70. The molecule has 0 bridgehead atoms. The molecule has 5 rings (SSSR count). The molecule has 0 radical (unpaired) electrons. The Morgan fingerprint density at radius 2 is 1.31 bits per heavy atom. The van der Waals surface area contributed by atoms with Gasteiger partial charge in [0.1, 0.15) is 5.75 Å². The number of benzene rings is 3. The topological polar surface area (TPSA) is 96.2 Å². The molecule has 0 amide bonds. The van der Waals surface area contributed by atoms with Gasteiger partial charge in [0.2, 0.25) is 0 Å². The van der Waals surface area contributed by atoms with E-state index in [0.717, 1.165) is 22.9 Å². The molecule has 1 heterocycles. The van der Waals surface area contributed by atoms with Crippen molar-refractivity contribution in [3.05, 3.63) is 101 Å². The Labute approximate surface area is 167 Å². The second kappa shape index (κ2) is 7.73. The highest BCUT2D eigenvalue weighted by Gasteiger charge is 2.28. The van der Waals surface area contributed by atoms with Gasteiger partial charge in [-0.3, -0.25) is 9.59 Å². The van der Waals surface area contributed by atoms with Gasteiger partial charge in [-0.1, -0.05) is 48.5 Å². The van der Waals surface area contributed by atoms with Crippen LogP contribution in [0.4, 0.5) is 0 Å². The summed E-state index contributed by atoms with van der Waals surface area (Å²) in [7, 11) is 0. The number of H-pyrrole nitrogens is 1. The van der Waals surface area contributed by atoms with Crippen molar-refractivity contribution in [1.82, 2.24) is 4.98 Å². The maximum atomic E-state index is 12.1. The van der Waals surface area contributed by atoms with Crippen LogP contribution in [-0.2, 0) is 6.42 Å². The van der Waals surface area contributed by atoms with Crippen LogP contribution in [-0.4, -0.2) is 28.2 Å². The standard InChI is InChI=1S/C14H8O2.C10H12N2O/c15-13-9-5-1-2-6-10(9)14(16)12-8-4-3-7-11(12)13;11-4-3-7-6-12-10-2-1-8(13)5-9(7)10/h1-8H;1-2,5-6,12-13H,3-4,11H2. The Bertz CT molecular complexity index is 1120. The highest BCUT2D eigenvalue weighted by molar-refractivity contribution is 6.28. The highest BCUT2D eigenvalue weighted by Crippen LogP contribution is 2.26. The Balaban J connectivity index is 0.000000145. The Morgan fingerprint density at radius 1 is 0.793 bits per heavy atom. The number of phenolic OH excluding ortho intramolecular Hbond substituents is 1. The molecule has 0 saturated carbocycles. The second-order valence-corrected chi connectivity index (χ2v) is 6.83. The minimum Gasteiger partial charge on any atom is -0.508 e. The number of rotatable bonds is 2. The maximum absolute atomic E-state index is 12.1. The smallest absolute Gasteiger partial charge is 0.194 e. The zero-order chi connectivity index (χ0) is 20.4. The van der Waals surface area contributed by atoms with Gasteiger partial charge in [-0.15, -0.1) is 0 Å². The summed E-state index contributed by atoms with van der Waals surface area (Å²) < 4.78 is 0. The molecule has 0 spiro atoms. The molecule has 0 saturated heterocycles. The van der Waals surface area contributed by atoms with Crippen molar-refractivity contribution in [3.8, 4) is 5.75 Å². The zero-order valence-corrected chi connectivity index (χ0v) is 15.7. The number of aromatic nitrogens is 1. The van der Waals surface area contributed by atoms with Crippen LogP contribution in [0.3, 0.4) is 0 Å². The minimum absolute atomic E-state index is 0.0641. The number of nitrogens with one attached hydrogen (secondary N) is 1. The van der Waals surface area contributed by atoms with Crippen molar-refractivity contribution >= 4 is 22.5 Å². The lowest BCUT2D eigenvalue weighted by molar-refractivity contribution is 0.0979. The van der Waals surface area contributed by atoms with Crippen molar-refractivity contribution in [1.29, 1.82) is 0 Å². The lowest BCUT2D eigenvalue weighted by Crippen LogP contribution is -2.20. The van der Waals surface area contributed by atoms with Crippen molar-refractivity contribution < 1.29 is 14.7 Å². The van der Waals surface area contributed by atoms with E-state index in [4.69, 9.17) is 5.73 Å². The molecule has 5 heteroatoms. The normalized spacial score (nSPS) is 12.2. The molecule has 4 aromatic rings. The number of phenols is 1. The molecule has 0 fully saturated rings. The summed E-state index contributed by atoms with van der Waals surface area (Å²) in [5.41, 5.74) is 9.70. The number of aromatic amines is 1. The largest absolute Gasteiger partial charge is 0.508 e. The summed E-state index contributed by atoms with van der Waals surface area (Å²) >= 11 is 0. The first-order valence-corrected chi connectivity index (χ1v) is 9.36.